The Labute approximate surface area is 187 Å². The summed E-state index contributed by atoms with van der Waals surface area (Å²) in [6.07, 6.45) is 0.283. The van der Waals surface area contributed by atoms with Gasteiger partial charge < -0.3 is 15.7 Å². The van der Waals surface area contributed by atoms with Crippen LogP contribution in [0.1, 0.15) is 22.3 Å². The number of rotatable bonds is 6. The lowest BCUT2D eigenvalue weighted by molar-refractivity contribution is -0.129. The fourth-order valence-electron chi connectivity index (χ4n) is 3.43. The van der Waals surface area contributed by atoms with Crippen molar-refractivity contribution in [3.63, 3.8) is 0 Å². The second-order valence-corrected chi connectivity index (χ2v) is 10.6. The van der Waals surface area contributed by atoms with Gasteiger partial charge in [-0.25, -0.2) is 8.42 Å². The topological polar surface area (TPSA) is 130 Å². The van der Waals surface area contributed by atoms with Crippen molar-refractivity contribution < 1.29 is 23.1 Å². The van der Waals surface area contributed by atoms with Crippen LogP contribution in [-0.2, 0) is 21.4 Å². The maximum absolute atomic E-state index is 12.8. The third-order valence-corrected chi connectivity index (χ3v) is 8.32. The second-order valence-electron chi connectivity index (χ2n) is 7.18. The van der Waals surface area contributed by atoms with E-state index in [0.29, 0.717) is 17.1 Å². The standard InChI is InChI=1S/C20H18ClN3O5S2/c21-14-3-1-11-8-18(30-17(11)9-14)31(28,29)23-15-5-6-24(20(15)27)10-13-7-12(19(22)26)2-4-16(13)25/h1-4,7-9,15,23,25H,5-6,10H2,(H2,22,26)/t15-/m0/s1. The van der Waals surface area contributed by atoms with Crippen molar-refractivity contribution in [3.05, 3.63) is 58.6 Å². The summed E-state index contributed by atoms with van der Waals surface area (Å²) in [5.74, 6) is -1.13. The number of nitrogens with one attached hydrogen (secondary N) is 1. The molecule has 0 aliphatic carbocycles. The molecule has 4 rings (SSSR count). The number of halogens is 1. The van der Waals surface area contributed by atoms with Crippen LogP contribution in [0.3, 0.4) is 0 Å². The first-order valence-electron chi connectivity index (χ1n) is 9.26. The van der Waals surface area contributed by atoms with E-state index in [-0.39, 0.29) is 28.5 Å². The molecule has 2 heterocycles. The molecule has 0 spiro atoms. The van der Waals surface area contributed by atoms with E-state index in [9.17, 15) is 23.1 Å². The molecule has 1 aromatic heterocycles. The predicted molar refractivity (Wildman–Crippen MR) is 118 cm³/mol. The van der Waals surface area contributed by atoms with Crippen molar-refractivity contribution in [3.8, 4) is 5.75 Å². The van der Waals surface area contributed by atoms with E-state index >= 15 is 0 Å². The number of aromatic hydroxyl groups is 1. The van der Waals surface area contributed by atoms with Crippen LogP contribution in [0.5, 0.6) is 5.75 Å². The Balaban J connectivity index is 1.50. The number of thiophene rings is 1. The minimum Gasteiger partial charge on any atom is -0.508 e. The lowest BCUT2D eigenvalue weighted by Crippen LogP contribution is -2.41. The van der Waals surface area contributed by atoms with Gasteiger partial charge in [0.25, 0.3) is 10.0 Å². The summed E-state index contributed by atoms with van der Waals surface area (Å²) in [4.78, 5) is 25.6. The molecule has 1 fully saturated rings. The van der Waals surface area contributed by atoms with Gasteiger partial charge in [-0.15, -0.1) is 11.3 Å². The van der Waals surface area contributed by atoms with Gasteiger partial charge in [-0.3, -0.25) is 9.59 Å². The monoisotopic (exact) mass is 479 g/mol. The zero-order chi connectivity index (χ0) is 22.3. The number of hydrogen-bond acceptors (Lipinski definition) is 6. The van der Waals surface area contributed by atoms with Gasteiger partial charge >= 0.3 is 0 Å². The van der Waals surface area contributed by atoms with Crippen LogP contribution in [0.15, 0.2) is 46.7 Å². The summed E-state index contributed by atoms with van der Waals surface area (Å²) in [5.41, 5.74) is 5.83. The van der Waals surface area contributed by atoms with Crippen LogP contribution in [0, 0.1) is 0 Å². The molecule has 1 saturated heterocycles. The molecule has 1 atom stereocenters. The summed E-state index contributed by atoms with van der Waals surface area (Å²) in [5, 5.41) is 11.3. The second kappa shape index (κ2) is 8.12. The molecule has 1 aliphatic rings. The largest absolute Gasteiger partial charge is 0.508 e. The SMILES string of the molecule is NC(=O)c1ccc(O)c(CN2CC[C@H](NS(=O)(=O)c3cc4ccc(Cl)cc4s3)C2=O)c1. The van der Waals surface area contributed by atoms with Crippen molar-refractivity contribution in [1.29, 1.82) is 0 Å². The lowest BCUT2D eigenvalue weighted by Gasteiger charge is -2.18. The normalized spacial score (nSPS) is 16.9. The van der Waals surface area contributed by atoms with E-state index in [1.165, 1.54) is 23.1 Å². The maximum Gasteiger partial charge on any atom is 0.250 e. The minimum atomic E-state index is -3.91. The lowest BCUT2D eigenvalue weighted by atomic mass is 10.1. The highest BCUT2D eigenvalue weighted by molar-refractivity contribution is 7.91. The van der Waals surface area contributed by atoms with Gasteiger partial charge in [0.05, 0.1) is 0 Å². The third-order valence-electron chi connectivity index (χ3n) is 5.04. The first kappa shape index (κ1) is 21.6. The molecule has 11 heteroatoms. The van der Waals surface area contributed by atoms with E-state index in [1.54, 1.807) is 24.3 Å². The number of fused-ring (bicyclic) bond motifs is 1. The number of nitrogens with zero attached hydrogens (tertiary/aromatic N) is 1. The van der Waals surface area contributed by atoms with E-state index in [4.69, 9.17) is 17.3 Å². The average molecular weight is 480 g/mol. The van der Waals surface area contributed by atoms with Crippen LogP contribution >= 0.6 is 22.9 Å². The van der Waals surface area contributed by atoms with Gasteiger partial charge in [0.1, 0.15) is 16.0 Å². The Bertz CT molecular complexity index is 1310. The van der Waals surface area contributed by atoms with E-state index < -0.39 is 27.9 Å². The molecule has 3 aromatic rings. The molecule has 0 bridgehead atoms. The Hall–Kier alpha value is -2.66. The number of amides is 2. The van der Waals surface area contributed by atoms with E-state index in [0.717, 1.165) is 21.4 Å². The van der Waals surface area contributed by atoms with Gasteiger partial charge in [-0.05, 0) is 48.2 Å². The zero-order valence-electron chi connectivity index (χ0n) is 16.0. The first-order chi connectivity index (χ1) is 14.6. The third kappa shape index (κ3) is 4.38. The molecule has 8 nitrogen and oxygen atoms in total. The molecule has 31 heavy (non-hydrogen) atoms. The Morgan fingerprint density at radius 1 is 1.26 bits per heavy atom. The number of hydrogen-bond donors (Lipinski definition) is 3. The summed E-state index contributed by atoms with van der Waals surface area (Å²) in [6.45, 7) is 0.333. The molecule has 0 unspecified atom stereocenters. The number of primary amides is 1. The molecule has 0 radical (unpaired) electrons. The van der Waals surface area contributed by atoms with Crippen molar-refractivity contribution in [2.24, 2.45) is 5.73 Å². The quantitative estimate of drug-likeness (QED) is 0.500. The fourth-order valence-corrected chi connectivity index (χ4v) is 6.35. The smallest absolute Gasteiger partial charge is 0.250 e. The summed E-state index contributed by atoms with van der Waals surface area (Å²) >= 11 is 7.04. The maximum atomic E-state index is 12.8. The number of phenolic OH excluding ortho intramolecular Hbond substituents is 1. The van der Waals surface area contributed by atoms with Crippen LogP contribution in [-0.4, -0.2) is 42.8 Å². The number of benzene rings is 2. The number of likely N-dealkylation sites (tertiary alicyclic amines) is 1. The molecule has 162 valence electrons. The molecular formula is C20H18ClN3O5S2. The van der Waals surface area contributed by atoms with Crippen LogP contribution in [0.25, 0.3) is 10.1 Å². The van der Waals surface area contributed by atoms with Crippen molar-refractivity contribution in [1.82, 2.24) is 9.62 Å². The average Bonchev–Trinajstić information content (AvgIpc) is 3.28. The summed E-state index contributed by atoms with van der Waals surface area (Å²) in [6, 6.07) is 9.89. The molecule has 1 aliphatic heterocycles. The minimum absolute atomic E-state index is 0.0331. The molecule has 2 aromatic carbocycles. The molecule has 2 amide bonds. The molecule has 4 N–H and O–H groups in total. The van der Waals surface area contributed by atoms with E-state index in [2.05, 4.69) is 4.72 Å². The van der Waals surface area contributed by atoms with Gasteiger partial charge in [-0.1, -0.05) is 17.7 Å². The van der Waals surface area contributed by atoms with Gasteiger partial charge in [0.2, 0.25) is 11.8 Å². The molecular weight excluding hydrogens is 462 g/mol. The van der Waals surface area contributed by atoms with Gasteiger partial charge in [0, 0.05) is 33.9 Å². The Morgan fingerprint density at radius 2 is 2.03 bits per heavy atom. The van der Waals surface area contributed by atoms with Gasteiger partial charge in [-0.2, -0.15) is 4.72 Å². The number of carbonyl (C=O) groups excluding carboxylic acids is 2. The first-order valence-corrected chi connectivity index (χ1v) is 11.9. The number of sulfonamides is 1. The van der Waals surface area contributed by atoms with Crippen LogP contribution in [0.4, 0.5) is 0 Å². The van der Waals surface area contributed by atoms with Crippen molar-refractivity contribution in [2.45, 2.75) is 23.2 Å². The predicted octanol–water partition coefficient (Wildman–Crippen LogP) is 2.44. The number of nitrogens with two attached hydrogens (primary N) is 1. The van der Waals surface area contributed by atoms with Crippen molar-refractivity contribution in [2.75, 3.05) is 6.54 Å². The number of phenols is 1. The summed E-state index contributed by atoms with van der Waals surface area (Å²) in [7, 11) is -3.91. The van der Waals surface area contributed by atoms with Gasteiger partial charge in [0.15, 0.2) is 0 Å². The Kier molecular flexibility index (Phi) is 5.65. The zero-order valence-corrected chi connectivity index (χ0v) is 18.4. The van der Waals surface area contributed by atoms with E-state index in [1.807, 2.05) is 0 Å². The van der Waals surface area contributed by atoms with Crippen LogP contribution in [0.2, 0.25) is 5.02 Å². The number of carbonyl (C=O) groups is 2. The fraction of sp³-hybridized carbons (Fsp3) is 0.200. The molecule has 0 saturated carbocycles. The van der Waals surface area contributed by atoms with Crippen LogP contribution < -0.4 is 10.5 Å². The highest BCUT2D eigenvalue weighted by Gasteiger charge is 2.35. The summed E-state index contributed by atoms with van der Waals surface area (Å²) < 4.78 is 29.0. The highest BCUT2D eigenvalue weighted by Crippen LogP contribution is 2.31. The Morgan fingerprint density at radius 3 is 2.77 bits per heavy atom. The highest BCUT2D eigenvalue weighted by atomic mass is 35.5. The van der Waals surface area contributed by atoms with Crippen molar-refractivity contribution >= 4 is 54.9 Å².